The maximum atomic E-state index is 13.0. The number of carbonyl (C=O) groups excluding carboxylic acids is 3. The van der Waals surface area contributed by atoms with Gasteiger partial charge in [-0.05, 0) is 31.7 Å². The highest BCUT2D eigenvalue weighted by atomic mass is 16.3. The quantitative estimate of drug-likeness (QED) is 0.857. The van der Waals surface area contributed by atoms with Crippen LogP contribution in [0.5, 0.6) is 0 Å². The van der Waals surface area contributed by atoms with E-state index >= 15 is 0 Å². The Labute approximate surface area is 160 Å². The number of nitrogens with one attached hydrogen (secondary N) is 1. The molecule has 3 rings (SSSR count). The van der Waals surface area contributed by atoms with Crippen LogP contribution in [0.25, 0.3) is 0 Å². The van der Waals surface area contributed by atoms with Gasteiger partial charge in [0.05, 0.1) is 11.8 Å². The third kappa shape index (κ3) is 5.34. The van der Waals surface area contributed by atoms with Crippen molar-refractivity contribution in [1.82, 2.24) is 15.1 Å². The van der Waals surface area contributed by atoms with Gasteiger partial charge in [0, 0.05) is 45.1 Å². The molecule has 0 aromatic carbocycles. The molecule has 2 aliphatic heterocycles. The lowest BCUT2D eigenvalue weighted by Crippen LogP contribution is -2.45. The Balaban J connectivity index is 1.53. The van der Waals surface area contributed by atoms with Crippen molar-refractivity contribution in [2.24, 2.45) is 5.92 Å². The van der Waals surface area contributed by atoms with E-state index in [1.54, 1.807) is 11.0 Å². The molecule has 1 aromatic heterocycles. The summed E-state index contributed by atoms with van der Waals surface area (Å²) in [6, 6.07) is 1.67. The molecule has 7 heteroatoms. The number of hydrogen-bond donors (Lipinski definition) is 1. The van der Waals surface area contributed by atoms with Gasteiger partial charge in [0.15, 0.2) is 0 Å². The summed E-state index contributed by atoms with van der Waals surface area (Å²) < 4.78 is 4.98. The van der Waals surface area contributed by atoms with Crippen LogP contribution in [-0.4, -0.2) is 60.2 Å². The number of piperidine rings is 1. The van der Waals surface area contributed by atoms with E-state index in [1.165, 1.54) is 12.5 Å². The van der Waals surface area contributed by atoms with Crippen LogP contribution < -0.4 is 5.32 Å². The number of amides is 3. The summed E-state index contributed by atoms with van der Waals surface area (Å²) in [7, 11) is 0. The lowest BCUT2D eigenvalue weighted by molar-refractivity contribution is -0.137. The van der Waals surface area contributed by atoms with Gasteiger partial charge in [-0.1, -0.05) is 12.8 Å². The van der Waals surface area contributed by atoms with Gasteiger partial charge in [-0.15, -0.1) is 0 Å². The molecule has 0 saturated carbocycles. The molecule has 0 atom stereocenters. The van der Waals surface area contributed by atoms with Gasteiger partial charge < -0.3 is 19.5 Å². The van der Waals surface area contributed by atoms with Gasteiger partial charge >= 0.3 is 0 Å². The molecule has 1 aromatic rings. The van der Waals surface area contributed by atoms with Crippen molar-refractivity contribution in [3.05, 3.63) is 24.2 Å². The molecule has 7 nitrogen and oxygen atoms in total. The first-order valence-corrected chi connectivity index (χ1v) is 10.0. The van der Waals surface area contributed by atoms with E-state index in [-0.39, 0.29) is 23.6 Å². The van der Waals surface area contributed by atoms with E-state index in [1.807, 2.05) is 4.90 Å². The average Bonchev–Trinajstić information content (AvgIpc) is 3.21. The van der Waals surface area contributed by atoms with Gasteiger partial charge in [-0.3, -0.25) is 14.4 Å². The van der Waals surface area contributed by atoms with Gasteiger partial charge in [0.2, 0.25) is 11.8 Å². The van der Waals surface area contributed by atoms with Crippen molar-refractivity contribution in [2.45, 2.75) is 44.9 Å². The molecule has 0 unspecified atom stereocenters. The highest BCUT2D eigenvalue weighted by Gasteiger charge is 2.30. The van der Waals surface area contributed by atoms with Crippen LogP contribution in [0.15, 0.2) is 23.0 Å². The molecule has 3 heterocycles. The van der Waals surface area contributed by atoms with Crippen LogP contribution in [0.3, 0.4) is 0 Å². The summed E-state index contributed by atoms with van der Waals surface area (Å²) >= 11 is 0. The van der Waals surface area contributed by atoms with Crippen LogP contribution in [-0.2, 0) is 9.59 Å². The van der Waals surface area contributed by atoms with Gasteiger partial charge in [0.1, 0.15) is 6.26 Å². The summed E-state index contributed by atoms with van der Waals surface area (Å²) in [5.74, 6) is 0.0563. The normalized spacial score (nSPS) is 20.7. The molecule has 3 amide bonds. The minimum atomic E-state index is -0.0633. The summed E-state index contributed by atoms with van der Waals surface area (Å²) in [6.07, 6.45) is 8.81. The lowest BCUT2D eigenvalue weighted by Gasteiger charge is -2.34. The number of carbonyl (C=O) groups is 3. The van der Waals surface area contributed by atoms with Gasteiger partial charge in [-0.25, -0.2) is 0 Å². The molecule has 1 N–H and O–H groups in total. The van der Waals surface area contributed by atoms with Crippen LogP contribution in [0, 0.1) is 5.92 Å². The molecule has 0 aliphatic carbocycles. The van der Waals surface area contributed by atoms with E-state index < -0.39 is 0 Å². The van der Waals surface area contributed by atoms with Crippen LogP contribution in [0.4, 0.5) is 0 Å². The predicted molar refractivity (Wildman–Crippen MR) is 100 cm³/mol. The minimum Gasteiger partial charge on any atom is -0.472 e. The molecule has 2 aliphatic rings. The zero-order valence-electron chi connectivity index (χ0n) is 15.8. The van der Waals surface area contributed by atoms with Crippen molar-refractivity contribution >= 4 is 17.7 Å². The smallest absolute Gasteiger partial charge is 0.257 e. The monoisotopic (exact) mass is 375 g/mol. The van der Waals surface area contributed by atoms with Crippen molar-refractivity contribution in [1.29, 1.82) is 0 Å². The molecule has 2 fully saturated rings. The third-order valence-corrected chi connectivity index (χ3v) is 5.50. The van der Waals surface area contributed by atoms with Crippen molar-refractivity contribution in [3.8, 4) is 0 Å². The average molecular weight is 375 g/mol. The summed E-state index contributed by atoms with van der Waals surface area (Å²) in [5, 5.41) is 2.92. The molecular weight excluding hydrogens is 346 g/mol. The SMILES string of the molecule is O=C1CCN(C(=O)C2CCN(C(=O)c3ccoc3)CC2)CCCCCCN1. The Morgan fingerprint density at radius 3 is 2.52 bits per heavy atom. The maximum absolute atomic E-state index is 13.0. The van der Waals surface area contributed by atoms with Crippen LogP contribution in [0.2, 0.25) is 0 Å². The fourth-order valence-corrected chi connectivity index (χ4v) is 3.82. The van der Waals surface area contributed by atoms with E-state index in [0.717, 1.165) is 38.8 Å². The number of likely N-dealkylation sites (tertiary alicyclic amines) is 1. The van der Waals surface area contributed by atoms with Crippen molar-refractivity contribution in [2.75, 3.05) is 32.7 Å². The summed E-state index contributed by atoms with van der Waals surface area (Å²) in [5.41, 5.74) is 0.554. The number of hydrogen-bond acceptors (Lipinski definition) is 4. The standard InChI is InChI=1S/C20H29N3O4/c24-18-7-13-22(10-4-2-1-3-9-21-18)19(25)16-5-11-23(12-6-16)20(26)17-8-14-27-15-17/h8,14-16H,1-7,9-13H2,(H,21,24). The first-order chi connectivity index (χ1) is 13.1. The molecule has 0 spiro atoms. The number of rotatable bonds is 2. The van der Waals surface area contributed by atoms with Crippen molar-refractivity contribution < 1.29 is 18.8 Å². The topological polar surface area (TPSA) is 82.9 Å². The molecule has 27 heavy (non-hydrogen) atoms. The molecule has 0 bridgehead atoms. The second kappa shape index (κ2) is 9.58. The first kappa shape index (κ1) is 19.5. The Kier molecular flexibility index (Phi) is 6.90. The fraction of sp³-hybridized carbons (Fsp3) is 0.650. The van der Waals surface area contributed by atoms with Crippen LogP contribution >= 0.6 is 0 Å². The number of furan rings is 1. The Morgan fingerprint density at radius 1 is 1.00 bits per heavy atom. The van der Waals surface area contributed by atoms with Gasteiger partial charge in [-0.2, -0.15) is 0 Å². The van der Waals surface area contributed by atoms with Crippen molar-refractivity contribution in [3.63, 3.8) is 0 Å². The van der Waals surface area contributed by atoms with E-state index in [4.69, 9.17) is 4.42 Å². The van der Waals surface area contributed by atoms with E-state index in [2.05, 4.69) is 5.32 Å². The highest BCUT2D eigenvalue weighted by Crippen LogP contribution is 2.22. The van der Waals surface area contributed by atoms with E-state index in [0.29, 0.717) is 44.5 Å². The molecule has 148 valence electrons. The fourth-order valence-electron chi connectivity index (χ4n) is 3.82. The molecule has 0 radical (unpaired) electrons. The molecule has 2 saturated heterocycles. The second-order valence-corrected chi connectivity index (χ2v) is 7.42. The lowest BCUT2D eigenvalue weighted by atomic mass is 9.94. The van der Waals surface area contributed by atoms with E-state index in [9.17, 15) is 14.4 Å². The Hall–Kier alpha value is -2.31. The minimum absolute atomic E-state index is 0.0234. The second-order valence-electron chi connectivity index (χ2n) is 7.42. The first-order valence-electron chi connectivity index (χ1n) is 10.0. The summed E-state index contributed by atoms with van der Waals surface area (Å²) in [4.78, 5) is 40.9. The number of nitrogens with zero attached hydrogens (tertiary/aromatic N) is 2. The largest absolute Gasteiger partial charge is 0.472 e. The Bertz CT molecular complexity index is 636. The maximum Gasteiger partial charge on any atom is 0.257 e. The zero-order chi connectivity index (χ0) is 19.1. The van der Waals surface area contributed by atoms with Gasteiger partial charge in [0.25, 0.3) is 5.91 Å². The summed E-state index contributed by atoms with van der Waals surface area (Å²) in [6.45, 7) is 3.10. The highest BCUT2D eigenvalue weighted by molar-refractivity contribution is 5.94. The third-order valence-electron chi connectivity index (χ3n) is 5.50. The van der Waals surface area contributed by atoms with Crippen LogP contribution in [0.1, 0.15) is 55.3 Å². The zero-order valence-corrected chi connectivity index (χ0v) is 15.8. The predicted octanol–water partition coefficient (Wildman–Crippen LogP) is 2.04. The Morgan fingerprint density at radius 2 is 1.78 bits per heavy atom. The molecular formula is C20H29N3O4.